The summed E-state index contributed by atoms with van der Waals surface area (Å²) < 4.78 is 1.01. The third kappa shape index (κ3) is 1.98. The van der Waals surface area contributed by atoms with Crippen LogP contribution in [0.5, 0.6) is 0 Å². The molecular formula is C10H7NO4Se. The number of hydrogen-bond donors (Lipinski definition) is 1. The Balaban J connectivity index is 2.55. The van der Waals surface area contributed by atoms with Crippen LogP contribution >= 0.6 is 0 Å². The SMILES string of the molecule is O=C(O)Cc1c[se]c2ccc([N+](=O)[O-])cc12. The van der Waals surface area contributed by atoms with E-state index in [1.165, 1.54) is 12.1 Å². The summed E-state index contributed by atoms with van der Waals surface area (Å²) in [5, 5.41) is 20.0. The van der Waals surface area contributed by atoms with Crippen molar-refractivity contribution in [2.24, 2.45) is 0 Å². The van der Waals surface area contributed by atoms with E-state index in [9.17, 15) is 14.9 Å². The number of carboxylic acids is 1. The zero-order valence-electron chi connectivity index (χ0n) is 8.04. The Kier molecular flexibility index (Phi) is 2.76. The quantitative estimate of drug-likeness (QED) is 0.525. The Morgan fingerprint density at radius 3 is 2.88 bits per heavy atom. The fraction of sp³-hybridized carbons (Fsp3) is 0.100. The first-order valence-electron chi connectivity index (χ1n) is 4.44. The molecule has 16 heavy (non-hydrogen) atoms. The first-order valence-corrected chi connectivity index (χ1v) is 6.29. The normalized spacial score (nSPS) is 10.5. The number of nitro benzene ring substituents is 1. The zero-order valence-corrected chi connectivity index (χ0v) is 9.76. The summed E-state index contributed by atoms with van der Waals surface area (Å²) >= 11 is 0.0925. The van der Waals surface area contributed by atoms with Gasteiger partial charge in [0.1, 0.15) is 0 Å². The van der Waals surface area contributed by atoms with Crippen LogP contribution in [0.25, 0.3) is 9.65 Å². The molecule has 5 nitrogen and oxygen atoms in total. The van der Waals surface area contributed by atoms with Gasteiger partial charge in [0, 0.05) is 0 Å². The number of carboxylic acid groups (broad SMARTS) is 1. The number of benzene rings is 1. The number of rotatable bonds is 3. The molecule has 2 rings (SSSR count). The number of aliphatic carboxylic acids is 1. The van der Waals surface area contributed by atoms with E-state index >= 15 is 0 Å². The molecule has 82 valence electrons. The van der Waals surface area contributed by atoms with Crippen LogP contribution in [-0.4, -0.2) is 30.5 Å². The molecule has 6 heteroatoms. The second-order valence-corrected chi connectivity index (χ2v) is 5.18. The molecule has 2 aromatic rings. The third-order valence-electron chi connectivity index (χ3n) is 2.19. The van der Waals surface area contributed by atoms with E-state index in [4.69, 9.17) is 5.11 Å². The van der Waals surface area contributed by atoms with Gasteiger partial charge < -0.3 is 0 Å². The molecule has 0 aliphatic carbocycles. The molecule has 0 fully saturated rings. The number of nitrogens with zero attached hydrogens (tertiary/aromatic N) is 1. The van der Waals surface area contributed by atoms with Crippen LogP contribution in [0.4, 0.5) is 5.69 Å². The van der Waals surface area contributed by atoms with Crippen LogP contribution in [-0.2, 0) is 11.2 Å². The van der Waals surface area contributed by atoms with E-state index < -0.39 is 10.9 Å². The fourth-order valence-corrected chi connectivity index (χ4v) is 3.46. The van der Waals surface area contributed by atoms with E-state index in [-0.39, 0.29) is 26.6 Å². The van der Waals surface area contributed by atoms with Gasteiger partial charge >= 0.3 is 95.9 Å². The van der Waals surface area contributed by atoms with Gasteiger partial charge in [0.2, 0.25) is 0 Å². The average Bonchev–Trinajstić information content (AvgIpc) is 2.60. The minimum atomic E-state index is -0.915. The monoisotopic (exact) mass is 285 g/mol. The second kappa shape index (κ2) is 4.08. The van der Waals surface area contributed by atoms with Crippen LogP contribution in [0, 0.1) is 10.1 Å². The number of non-ortho nitro benzene ring substituents is 1. The van der Waals surface area contributed by atoms with Crippen LogP contribution in [0.2, 0.25) is 0 Å². The Morgan fingerprint density at radius 2 is 2.25 bits per heavy atom. The summed E-state index contributed by atoms with van der Waals surface area (Å²) in [6, 6.07) is 4.62. The Hall–Kier alpha value is -1.65. The fourth-order valence-electron chi connectivity index (χ4n) is 1.48. The standard InChI is InChI=1S/C10H7NO4Se/c12-10(13)3-6-5-16-9-2-1-7(11(14)15)4-8(6)9/h1-2,4-5H,3H2,(H,12,13). The van der Waals surface area contributed by atoms with Crippen molar-refractivity contribution in [3.05, 3.63) is 38.8 Å². The van der Waals surface area contributed by atoms with Crippen molar-refractivity contribution in [2.45, 2.75) is 6.42 Å². The average molecular weight is 284 g/mol. The molecule has 0 saturated heterocycles. The van der Waals surface area contributed by atoms with Crippen LogP contribution < -0.4 is 0 Å². The van der Waals surface area contributed by atoms with Crippen molar-refractivity contribution in [1.82, 2.24) is 0 Å². The predicted molar refractivity (Wildman–Crippen MR) is 58.9 cm³/mol. The molecule has 0 unspecified atom stereocenters. The summed E-state index contributed by atoms with van der Waals surface area (Å²) in [6.07, 6.45) is -0.0735. The number of carbonyl (C=O) groups is 1. The van der Waals surface area contributed by atoms with Crippen LogP contribution in [0.1, 0.15) is 5.56 Å². The Morgan fingerprint density at radius 1 is 1.50 bits per heavy atom. The first-order chi connectivity index (χ1) is 7.58. The first kappa shape index (κ1) is 10.9. The number of hydrogen-bond acceptors (Lipinski definition) is 3. The Bertz CT molecular complexity index is 575. The summed E-state index contributed by atoms with van der Waals surface area (Å²) in [5.74, 6) is -0.915. The van der Waals surface area contributed by atoms with E-state index in [1.54, 1.807) is 6.07 Å². The molecule has 0 aliphatic heterocycles. The van der Waals surface area contributed by atoms with E-state index in [0.29, 0.717) is 5.56 Å². The van der Waals surface area contributed by atoms with Gasteiger partial charge in [-0.3, -0.25) is 0 Å². The van der Waals surface area contributed by atoms with Gasteiger partial charge in [-0.15, -0.1) is 0 Å². The van der Waals surface area contributed by atoms with Crippen molar-refractivity contribution in [2.75, 3.05) is 0 Å². The van der Waals surface area contributed by atoms with Crippen molar-refractivity contribution >= 4 is 35.8 Å². The molecule has 0 aliphatic rings. The predicted octanol–water partition coefficient (Wildman–Crippen LogP) is 1.43. The molecule has 1 N–H and O–H groups in total. The molecule has 1 heterocycles. The van der Waals surface area contributed by atoms with Gasteiger partial charge in [-0.2, -0.15) is 0 Å². The van der Waals surface area contributed by atoms with Crippen molar-refractivity contribution in [1.29, 1.82) is 0 Å². The summed E-state index contributed by atoms with van der Waals surface area (Å²) in [7, 11) is 0. The van der Waals surface area contributed by atoms with Gasteiger partial charge in [-0.1, -0.05) is 0 Å². The molecule has 1 aromatic heterocycles. The van der Waals surface area contributed by atoms with E-state index in [0.717, 1.165) is 9.65 Å². The molecular weight excluding hydrogens is 277 g/mol. The molecule has 0 saturated carbocycles. The molecule has 0 amide bonds. The van der Waals surface area contributed by atoms with Crippen molar-refractivity contribution in [3.63, 3.8) is 0 Å². The number of nitro groups is 1. The van der Waals surface area contributed by atoms with Gasteiger partial charge in [-0.25, -0.2) is 0 Å². The zero-order chi connectivity index (χ0) is 11.7. The third-order valence-corrected chi connectivity index (χ3v) is 4.31. The van der Waals surface area contributed by atoms with Gasteiger partial charge in [0.05, 0.1) is 0 Å². The van der Waals surface area contributed by atoms with Crippen LogP contribution in [0.3, 0.4) is 0 Å². The van der Waals surface area contributed by atoms with Crippen molar-refractivity contribution < 1.29 is 14.8 Å². The second-order valence-electron chi connectivity index (χ2n) is 3.27. The number of fused-ring (bicyclic) bond motifs is 1. The van der Waals surface area contributed by atoms with E-state index in [2.05, 4.69) is 0 Å². The molecule has 1 aromatic carbocycles. The van der Waals surface area contributed by atoms with Crippen LogP contribution in [0.15, 0.2) is 23.1 Å². The maximum atomic E-state index is 10.6. The summed E-state index contributed by atoms with van der Waals surface area (Å²) in [6.45, 7) is 0. The molecule has 0 atom stereocenters. The molecule has 0 spiro atoms. The Labute approximate surface area is 96.2 Å². The molecule has 0 bridgehead atoms. The van der Waals surface area contributed by atoms with E-state index in [1.807, 2.05) is 4.94 Å². The minimum absolute atomic E-state index is 0.00717. The molecule has 0 radical (unpaired) electrons. The van der Waals surface area contributed by atoms with Gasteiger partial charge in [0.15, 0.2) is 0 Å². The van der Waals surface area contributed by atoms with Crippen molar-refractivity contribution in [3.8, 4) is 0 Å². The topological polar surface area (TPSA) is 80.4 Å². The van der Waals surface area contributed by atoms with Gasteiger partial charge in [-0.05, 0) is 0 Å². The summed E-state index contributed by atoms with van der Waals surface area (Å²) in [5.41, 5.74) is 0.693. The summed E-state index contributed by atoms with van der Waals surface area (Å²) in [4.78, 5) is 22.6. The van der Waals surface area contributed by atoms with Gasteiger partial charge in [0.25, 0.3) is 0 Å². The maximum absolute atomic E-state index is 10.6.